The lowest BCUT2D eigenvalue weighted by molar-refractivity contribution is -0.141. The molecule has 0 fully saturated rings. The number of carbonyl (C=O) groups excluding carboxylic acids is 1. The fourth-order valence-electron chi connectivity index (χ4n) is 1.94. The van der Waals surface area contributed by atoms with Crippen molar-refractivity contribution in [3.63, 3.8) is 0 Å². The molecule has 1 N–H and O–H groups in total. The lowest BCUT2D eigenvalue weighted by Gasteiger charge is -2.17. The summed E-state index contributed by atoms with van der Waals surface area (Å²) in [6.07, 6.45) is 0.698. The van der Waals surface area contributed by atoms with E-state index < -0.39 is 0 Å². The van der Waals surface area contributed by atoms with Crippen LogP contribution in [0.2, 0.25) is 5.02 Å². The van der Waals surface area contributed by atoms with Crippen LogP contribution in [0.15, 0.2) is 18.2 Å². The molecule has 0 aliphatic heterocycles. The van der Waals surface area contributed by atoms with E-state index >= 15 is 0 Å². The minimum Gasteiger partial charge on any atom is -0.467 e. The molecule has 0 radical (unpaired) electrons. The van der Waals surface area contributed by atoms with Crippen molar-refractivity contribution in [2.24, 2.45) is 5.92 Å². The smallest absolute Gasteiger partial charge is 0.328 e. The van der Waals surface area contributed by atoms with Crippen LogP contribution in [0.25, 0.3) is 10.2 Å². The van der Waals surface area contributed by atoms with Crippen LogP contribution in [0.1, 0.15) is 20.3 Å². The van der Waals surface area contributed by atoms with Crippen molar-refractivity contribution in [1.29, 1.82) is 0 Å². The molecule has 1 atom stereocenters. The maximum Gasteiger partial charge on any atom is 0.328 e. The first-order valence-corrected chi connectivity index (χ1v) is 7.59. The lowest BCUT2D eigenvalue weighted by atomic mass is 10.0. The van der Waals surface area contributed by atoms with Crippen LogP contribution in [0.3, 0.4) is 0 Å². The fourth-order valence-corrected chi connectivity index (χ4v) is 3.00. The molecule has 2 aromatic rings. The molecule has 0 saturated carbocycles. The van der Waals surface area contributed by atoms with E-state index in [2.05, 4.69) is 24.1 Å². The summed E-state index contributed by atoms with van der Waals surface area (Å²) in [6, 6.07) is 5.19. The number of aromatic nitrogens is 1. The number of hydrogen-bond acceptors (Lipinski definition) is 5. The highest BCUT2D eigenvalue weighted by molar-refractivity contribution is 7.22. The van der Waals surface area contributed by atoms with Gasteiger partial charge in [-0.3, -0.25) is 0 Å². The molecule has 6 heteroatoms. The topological polar surface area (TPSA) is 51.2 Å². The summed E-state index contributed by atoms with van der Waals surface area (Å²) in [5, 5.41) is 4.52. The van der Waals surface area contributed by atoms with E-state index in [0.29, 0.717) is 22.5 Å². The van der Waals surface area contributed by atoms with Crippen molar-refractivity contribution >= 4 is 44.3 Å². The van der Waals surface area contributed by atoms with Gasteiger partial charge in [0.25, 0.3) is 0 Å². The van der Waals surface area contributed by atoms with Crippen LogP contribution in [-0.4, -0.2) is 24.1 Å². The Morgan fingerprint density at radius 1 is 1.50 bits per heavy atom. The predicted molar refractivity (Wildman–Crippen MR) is 83.5 cm³/mol. The van der Waals surface area contributed by atoms with E-state index in [0.717, 1.165) is 10.2 Å². The second kappa shape index (κ2) is 6.41. The Morgan fingerprint density at radius 3 is 2.90 bits per heavy atom. The van der Waals surface area contributed by atoms with Gasteiger partial charge in [0.05, 0.1) is 17.3 Å². The molecular formula is C14H17ClN2O2S. The zero-order valence-corrected chi connectivity index (χ0v) is 13.2. The van der Waals surface area contributed by atoms with Gasteiger partial charge in [0.15, 0.2) is 5.13 Å². The number of thiazole rings is 1. The molecule has 0 bridgehead atoms. The average molecular weight is 313 g/mol. The van der Waals surface area contributed by atoms with Gasteiger partial charge in [-0.2, -0.15) is 0 Å². The zero-order chi connectivity index (χ0) is 14.7. The van der Waals surface area contributed by atoms with Gasteiger partial charge in [0.2, 0.25) is 0 Å². The Bertz CT molecular complexity index is 612. The summed E-state index contributed by atoms with van der Waals surface area (Å²) in [6.45, 7) is 4.13. The summed E-state index contributed by atoms with van der Waals surface area (Å²) in [5.41, 5.74) is 0.832. The Morgan fingerprint density at radius 2 is 2.25 bits per heavy atom. The molecule has 0 aliphatic rings. The number of hydrogen-bond donors (Lipinski definition) is 1. The minimum atomic E-state index is -0.379. The lowest BCUT2D eigenvalue weighted by Crippen LogP contribution is -2.32. The molecular weight excluding hydrogens is 296 g/mol. The molecule has 0 saturated heterocycles. The summed E-state index contributed by atoms with van der Waals surface area (Å²) in [4.78, 5) is 16.2. The summed E-state index contributed by atoms with van der Waals surface area (Å²) in [7, 11) is 1.40. The van der Waals surface area contributed by atoms with Gasteiger partial charge >= 0.3 is 5.97 Å². The molecule has 1 unspecified atom stereocenters. The van der Waals surface area contributed by atoms with Crippen molar-refractivity contribution in [2.75, 3.05) is 12.4 Å². The van der Waals surface area contributed by atoms with Gasteiger partial charge < -0.3 is 10.1 Å². The number of carbonyl (C=O) groups is 1. The monoisotopic (exact) mass is 312 g/mol. The Kier molecular flexibility index (Phi) is 4.83. The number of benzene rings is 1. The summed E-state index contributed by atoms with van der Waals surface area (Å²) in [5.74, 6) is 0.117. The first-order chi connectivity index (χ1) is 9.49. The molecule has 4 nitrogen and oxygen atoms in total. The first kappa shape index (κ1) is 15.1. The van der Waals surface area contributed by atoms with Crippen molar-refractivity contribution < 1.29 is 9.53 Å². The second-order valence-corrected chi connectivity index (χ2v) is 6.45. The molecule has 2 rings (SSSR count). The van der Waals surface area contributed by atoms with Crippen LogP contribution in [-0.2, 0) is 9.53 Å². The van der Waals surface area contributed by atoms with E-state index in [4.69, 9.17) is 16.3 Å². The van der Waals surface area contributed by atoms with E-state index in [-0.39, 0.29) is 12.0 Å². The molecule has 1 aromatic heterocycles. The van der Waals surface area contributed by atoms with Gasteiger partial charge in [-0.15, -0.1) is 0 Å². The molecule has 1 aromatic carbocycles. The maximum atomic E-state index is 11.8. The Balaban J connectivity index is 2.21. The number of nitrogens with one attached hydrogen (secondary N) is 1. The Hall–Kier alpha value is -1.33. The summed E-state index contributed by atoms with van der Waals surface area (Å²) < 4.78 is 5.87. The van der Waals surface area contributed by atoms with Crippen molar-refractivity contribution in [3.8, 4) is 0 Å². The molecule has 1 heterocycles. The van der Waals surface area contributed by atoms with Gasteiger partial charge in [-0.1, -0.05) is 36.8 Å². The number of anilines is 1. The minimum absolute atomic E-state index is 0.268. The standard InChI is InChI=1S/C14H17ClN2O2S/c1-8(2)6-11(13(18)19-3)17-14-16-10-7-9(15)4-5-12(10)20-14/h4-5,7-8,11H,6H2,1-3H3,(H,16,17). The molecule has 0 spiro atoms. The van der Waals surface area contributed by atoms with E-state index in [1.54, 1.807) is 0 Å². The third-order valence-corrected chi connectivity index (χ3v) is 4.04. The van der Waals surface area contributed by atoms with Crippen LogP contribution in [0.4, 0.5) is 5.13 Å². The SMILES string of the molecule is COC(=O)C(CC(C)C)Nc1nc2cc(Cl)ccc2s1. The number of rotatable bonds is 5. The van der Waals surface area contributed by atoms with Gasteiger partial charge in [0, 0.05) is 5.02 Å². The molecule has 0 amide bonds. The number of methoxy groups -OCH3 is 1. The largest absolute Gasteiger partial charge is 0.467 e. The fraction of sp³-hybridized carbons (Fsp3) is 0.429. The van der Waals surface area contributed by atoms with Crippen molar-refractivity contribution in [3.05, 3.63) is 23.2 Å². The third-order valence-electron chi connectivity index (χ3n) is 2.84. The van der Waals surface area contributed by atoms with E-state index in [9.17, 15) is 4.79 Å². The number of nitrogens with zero attached hydrogens (tertiary/aromatic N) is 1. The highest BCUT2D eigenvalue weighted by Gasteiger charge is 2.21. The Labute approximate surface area is 127 Å². The van der Waals surface area contributed by atoms with Gasteiger partial charge in [-0.25, -0.2) is 9.78 Å². The van der Waals surface area contributed by atoms with E-state index in [1.807, 2.05) is 18.2 Å². The zero-order valence-electron chi connectivity index (χ0n) is 11.6. The number of esters is 1. The van der Waals surface area contributed by atoms with Crippen LogP contribution >= 0.6 is 22.9 Å². The molecule has 0 aliphatic carbocycles. The average Bonchev–Trinajstić information content (AvgIpc) is 2.77. The molecule has 108 valence electrons. The number of halogens is 1. The normalized spacial score (nSPS) is 12.7. The van der Waals surface area contributed by atoms with Crippen molar-refractivity contribution in [2.45, 2.75) is 26.3 Å². The van der Waals surface area contributed by atoms with Gasteiger partial charge in [0.1, 0.15) is 6.04 Å². The van der Waals surface area contributed by atoms with Crippen molar-refractivity contribution in [1.82, 2.24) is 4.98 Å². The first-order valence-electron chi connectivity index (χ1n) is 6.40. The predicted octanol–water partition coefficient (Wildman–Crippen LogP) is 3.95. The van der Waals surface area contributed by atoms with Gasteiger partial charge in [-0.05, 0) is 30.5 Å². The second-order valence-electron chi connectivity index (χ2n) is 4.98. The maximum absolute atomic E-state index is 11.8. The van der Waals surface area contributed by atoms with Crippen LogP contribution in [0.5, 0.6) is 0 Å². The third kappa shape index (κ3) is 3.61. The summed E-state index contributed by atoms with van der Waals surface area (Å²) >= 11 is 7.45. The van der Waals surface area contributed by atoms with E-state index in [1.165, 1.54) is 18.4 Å². The number of ether oxygens (including phenoxy) is 1. The van der Waals surface area contributed by atoms with Crippen LogP contribution < -0.4 is 5.32 Å². The number of fused-ring (bicyclic) bond motifs is 1. The highest BCUT2D eigenvalue weighted by atomic mass is 35.5. The quantitative estimate of drug-likeness (QED) is 0.849. The highest BCUT2D eigenvalue weighted by Crippen LogP contribution is 2.29. The molecule has 20 heavy (non-hydrogen) atoms. The van der Waals surface area contributed by atoms with Crippen LogP contribution in [0, 0.1) is 5.92 Å².